The highest BCUT2D eigenvalue weighted by molar-refractivity contribution is 6.07. The van der Waals surface area contributed by atoms with E-state index in [0.717, 1.165) is 0 Å². The Hall–Kier alpha value is -2.99. The van der Waals surface area contributed by atoms with Crippen LogP contribution in [0.1, 0.15) is 47.0 Å². The molecule has 0 unspecified atom stereocenters. The molecule has 4 rings (SSSR count). The maximum Gasteiger partial charge on any atom is 0.202 e. The molecule has 0 aliphatic carbocycles. The zero-order chi connectivity index (χ0) is 19.5. The normalized spacial score (nSPS) is 22.4. The highest BCUT2D eigenvalue weighted by Crippen LogP contribution is 2.50. The van der Waals surface area contributed by atoms with Gasteiger partial charge in [-0.05, 0) is 50.6 Å². The van der Waals surface area contributed by atoms with Crippen LogP contribution in [-0.2, 0) is 0 Å². The third kappa shape index (κ3) is 2.64. The van der Waals surface area contributed by atoms with E-state index in [2.05, 4.69) is 0 Å². The zero-order valence-corrected chi connectivity index (χ0v) is 15.2. The number of ether oxygens (including phenoxy) is 2. The van der Waals surface area contributed by atoms with Gasteiger partial charge in [0.25, 0.3) is 0 Å². The predicted octanol–water partition coefficient (Wildman–Crippen LogP) is 3.27. The van der Waals surface area contributed by atoms with Crippen molar-refractivity contribution in [2.45, 2.75) is 38.6 Å². The van der Waals surface area contributed by atoms with Crippen molar-refractivity contribution >= 4 is 11.9 Å². The number of carbonyl (C=O) groups is 1. The molecule has 0 spiro atoms. The van der Waals surface area contributed by atoms with E-state index in [1.165, 1.54) is 12.1 Å². The molecule has 0 fully saturated rings. The molecule has 0 saturated heterocycles. The molecule has 2 aliphatic heterocycles. The maximum atomic E-state index is 12.8. The molecule has 6 nitrogen and oxygen atoms in total. The second-order valence-electron chi connectivity index (χ2n) is 7.40. The lowest BCUT2D eigenvalue weighted by Crippen LogP contribution is -2.37. The van der Waals surface area contributed by atoms with Gasteiger partial charge in [-0.3, -0.25) is 4.79 Å². The van der Waals surface area contributed by atoms with Crippen LogP contribution in [0, 0.1) is 6.92 Å². The standard InChI is InChI=1S/C21H20O6/c1-10-15(23)14-16(24)17(25)19(11-4-6-12(22)7-5-11)26-20(14)13-8-9-21(2,3)27-18(10)13/h4-9,17,19,22-23,25H,1-3H3/t17-,19+/m0/s1. The second kappa shape index (κ2) is 5.76. The number of aliphatic hydroxyl groups is 1. The van der Waals surface area contributed by atoms with Crippen molar-refractivity contribution < 1.29 is 29.6 Å². The van der Waals surface area contributed by atoms with Crippen LogP contribution in [0.3, 0.4) is 0 Å². The minimum absolute atomic E-state index is 0.0401. The molecule has 2 atom stereocenters. The van der Waals surface area contributed by atoms with E-state index in [0.29, 0.717) is 22.4 Å². The zero-order valence-electron chi connectivity index (χ0n) is 15.2. The van der Waals surface area contributed by atoms with E-state index in [4.69, 9.17) is 9.47 Å². The minimum atomic E-state index is -1.48. The van der Waals surface area contributed by atoms with Crippen LogP contribution in [0.2, 0.25) is 0 Å². The molecule has 6 heteroatoms. The van der Waals surface area contributed by atoms with E-state index in [1.54, 1.807) is 19.1 Å². The molecular formula is C21H20O6. The first kappa shape index (κ1) is 17.4. The van der Waals surface area contributed by atoms with Crippen LogP contribution >= 0.6 is 0 Å². The lowest BCUT2D eigenvalue weighted by molar-refractivity contribution is 0.0206. The molecule has 0 bridgehead atoms. The number of aromatic hydroxyl groups is 2. The fourth-order valence-corrected chi connectivity index (χ4v) is 3.45. The summed E-state index contributed by atoms with van der Waals surface area (Å²) in [6.07, 6.45) is 1.22. The Morgan fingerprint density at radius 3 is 2.41 bits per heavy atom. The summed E-state index contributed by atoms with van der Waals surface area (Å²) in [4.78, 5) is 12.8. The number of aliphatic hydroxyl groups excluding tert-OH is 1. The number of carbonyl (C=O) groups excluding carboxylic acids is 1. The first-order valence-electron chi connectivity index (χ1n) is 8.65. The first-order chi connectivity index (χ1) is 12.7. The van der Waals surface area contributed by atoms with Gasteiger partial charge in [0.15, 0.2) is 12.2 Å². The summed E-state index contributed by atoms with van der Waals surface area (Å²) in [5.41, 5.74) is 0.917. The Balaban J connectivity index is 1.90. The minimum Gasteiger partial charge on any atom is -0.508 e. The second-order valence-corrected chi connectivity index (χ2v) is 7.40. The molecular weight excluding hydrogens is 348 g/mol. The van der Waals surface area contributed by atoms with Crippen molar-refractivity contribution in [3.63, 3.8) is 0 Å². The summed E-state index contributed by atoms with van der Waals surface area (Å²) < 4.78 is 12.0. The van der Waals surface area contributed by atoms with Crippen LogP contribution in [0.4, 0.5) is 0 Å². The van der Waals surface area contributed by atoms with Gasteiger partial charge >= 0.3 is 0 Å². The lowest BCUT2D eigenvalue weighted by Gasteiger charge is -2.35. The third-order valence-electron chi connectivity index (χ3n) is 4.93. The van der Waals surface area contributed by atoms with Gasteiger partial charge in [-0.2, -0.15) is 0 Å². The number of phenolic OH excluding ortho intramolecular Hbond substituents is 2. The fraction of sp³-hybridized carbons (Fsp3) is 0.286. The number of hydrogen-bond donors (Lipinski definition) is 3. The summed E-state index contributed by atoms with van der Waals surface area (Å²) in [5, 5.41) is 30.6. The average molecular weight is 368 g/mol. The summed E-state index contributed by atoms with van der Waals surface area (Å²) in [5.74, 6) is -0.153. The number of rotatable bonds is 1. The van der Waals surface area contributed by atoms with Gasteiger partial charge in [0, 0.05) is 5.56 Å². The van der Waals surface area contributed by atoms with E-state index in [-0.39, 0.29) is 22.8 Å². The van der Waals surface area contributed by atoms with E-state index in [1.807, 2.05) is 26.0 Å². The molecule has 0 amide bonds. The lowest BCUT2D eigenvalue weighted by atomic mass is 9.88. The maximum absolute atomic E-state index is 12.8. The van der Waals surface area contributed by atoms with Gasteiger partial charge in [0.05, 0.1) is 5.56 Å². The van der Waals surface area contributed by atoms with Gasteiger partial charge < -0.3 is 24.8 Å². The Bertz CT molecular complexity index is 971. The molecule has 0 saturated carbocycles. The highest BCUT2D eigenvalue weighted by atomic mass is 16.5. The SMILES string of the molecule is Cc1c(O)c2c(c3c1OC(C)(C)C=C3)O[C@H](c1ccc(O)cc1)[C@@H](O)C2=O. The Labute approximate surface area is 156 Å². The first-order valence-corrected chi connectivity index (χ1v) is 8.65. The topological polar surface area (TPSA) is 96.2 Å². The Kier molecular flexibility index (Phi) is 3.71. The van der Waals surface area contributed by atoms with Crippen molar-refractivity contribution in [2.75, 3.05) is 0 Å². The molecule has 0 radical (unpaired) electrons. The van der Waals surface area contributed by atoms with Crippen LogP contribution < -0.4 is 9.47 Å². The fourth-order valence-electron chi connectivity index (χ4n) is 3.45. The number of benzene rings is 2. The number of phenols is 2. The van der Waals surface area contributed by atoms with E-state index < -0.39 is 23.6 Å². The van der Waals surface area contributed by atoms with Crippen molar-refractivity contribution in [1.82, 2.24) is 0 Å². The number of Topliss-reactive ketones (excluding diaryl/α,β-unsaturated/α-hetero) is 1. The monoisotopic (exact) mass is 368 g/mol. The van der Waals surface area contributed by atoms with Gasteiger partial charge in [-0.1, -0.05) is 12.1 Å². The quantitative estimate of drug-likeness (QED) is 0.715. The van der Waals surface area contributed by atoms with Crippen molar-refractivity contribution in [3.8, 4) is 23.0 Å². The third-order valence-corrected chi connectivity index (χ3v) is 4.93. The molecule has 27 heavy (non-hydrogen) atoms. The van der Waals surface area contributed by atoms with Gasteiger partial charge in [-0.25, -0.2) is 0 Å². The molecule has 2 aromatic rings. The van der Waals surface area contributed by atoms with E-state index >= 15 is 0 Å². The Morgan fingerprint density at radius 1 is 1.07 bits per heavy atom. The Morgan fingerprint density at radius 2 is 1.74 bits per heavy atom. The van der Waals surface area contributed by atoms with Crippen LogP contribution in [0.15, 0.2) is 30.3 Å². The van der Waals surface area contributed by atoms with Crippen molar-refractivity contribution in [2.24, 2.45) is 0 Å². The smallest absolute Gasteiger partial charge is 0.202 e. The van der Waals surface area contributed by atoms with Crippen LogP contribution in [0.5, 0.6) is 23.0 Å². The van der Waals surface area contributed by atoms with Crippen LogP contribution in [0.25, 0.3) is 6.08 Å². The predicted molar refractivity (Wildman–Crippen MR) is 98.4 cm³/mol. The van der Waals surface area contributed by atoms with Crippen LogP contribution in [-0.4, -0.2) is 32.8 Å². The summed E-state index contributed by atoms with van der Waals surface area (Å²) in [6.45, 7) is 5.43. The van der Waals surface area contributed by atoms with Gasteiger partial charge in [0.2, 0.25) is 5.78 Å². The average Bonchev–Trinajstić information content (AvgIpc) is 2.62. The van der Waals surface area contributed by atoms with Crippen molar-refractivity contribution in [1.29, 1.82) is 0 Å². The molecule has 2 aromatic carbocycles. The summed E-state index contributed by atoms with van der Waals surface area (Å²) in [6, 6.07) is 6.08. The molecule has 2 aliphatic rings. The van der Waals surface area contributed by atoms with Crippen molar-refractivity contribution in [3.05, 3.63) is 52.6 Å². The largest absolute Gasteiger partial charge is 0.508 e. The summed E-state index contributed by atoms with van der Waals surface area (Å²) in [7, 11) is 0. The molecule has 140 valence electrons. The van der Waals surface area contributed by atoms with Gasteiger partial charge in [-0.15, -0.1) is 0 Å². The molecule has 0 aromatic heterocycles. The summed E-state index contributed by atoms with van der Waals surface area (Å²) >= 11 is 0. The number of hydrogen-bond acceptors (Lipinski definition) is 6. The van der Waals surface area contributed by atoms with E-state index in [9.17, 15) is 20.1 Å². The molecule has 2 heterocycles. The van der Waals surface area contributed by atoms with Gasteiger partial charge in [0.1, 0.15) is 34.2 Å². The molecule has 3 N–H and O–H groups in total. The number of fused-ring (bicyclic) bond motifs is 3. The number of ketones is 1. The highest BCUT2D eigenvalue weighted by Gasteiger charge is 2.42.